The van der Waals surface area contributed by atoms with E-state index in [1.807, 2.05) is 31.4 Å². The lowest BCUT2D eigenvalue weighted by Gasteiger charge is -1.97. The largest absolute Gasteiger partial charge is 0.466 e. The third kappa shape index (κ3) is 2.10. The van der Waals surface area contributed by atoms with Gasteiger partial charge >= 0.3 is 0 Å². The molecule has 0 aliphatic carbocycles. The monoisotopic (exact) mass is 286 g/mol. The van der Waals surface area contributed by atoms with Crippen LogP contribution in [0.2, 0.25) is 0 Å². The molecule has 0 fully saturated rings. The number of rotatable bonds is 2. The molecule has 0 N–H and O–H groups in total. The predicted molar refractivity (Wildman–Crippen MR) is 78.2 cm³/mol. The van der Waals surface area contributed by atoms with E-state index in [2.05, 4.69) is 5.10 Å². The lowest BCUT2D eigenvalue weighted by Crippen LogP contribution is -2.12. The van der Waals surface area contributed by atoms with Gasteiger partial charge in [0.15, 0.2) is 0 Å². The molecular weight excluding hydrogens is 272 g/mol. The van der Waals surface area contributed by atoms with E-state index in [9.17, 15) is 4.79 Å². The quantitative estimate of drug-likeness (QED) is 0.719. The second kappa shape index (κ2) is 4.76. The van der Waals surface area contributed by atoms with Crippen LogP contribution in [0.15, 0.2) is 34.2 Å². The minimum absolute atomic E-state index is 0.162. The standard InChI is InChI=1S/C15H14N2O2S/c1-9-8-17(16-14(9)13-5-4-6-20-13)15(18)12-7-10(2)19-11(12)3/h4-8H,1-3H3. The fraction of sp³-hybridized carbons (Fsp3) is 0.200. The molecule has 0 aromatic carbocycles. The highest BCUT2D eigenvalue weighted by Crippen LogP contribution is 2.26. The molecule has 0 aliphatic heterocycles. The van der Waals surface area contributed by atoms with Crippen molar-refractivity contribution < 1.29 is 9.21 Å². The molecule has 102 valence electrons. The Balaban J connectivity index is 2.01. The fourth-order valence-corrected chi connectivity index (χ4v) is 2.96. The van der Waals surface area contributed by atoms with Crippen LogP contribution < -0.4 is 0 Å². The first-order valence-electron chi connectivity index (χ1n) is 6.28. The third-order valence-electron chi connectivity index (χ3n) is 3.13. The van der Waals surface area contributed by atoms with Crippen LogP contribution in [0.3, 0.4) is 0 Å². The molecule has 20 heavy (non-hydrogen) atoms. The van der Waals surface area contributed by atoms with E-state index in [0.29, 0.717) is 11.3 Å². The van der Waals surface area contributed by atoms with E-state index in [1.54, 1.807) is 30.5 Å². The molecule has 0 amide bonds. The second-order valence-corrected chi connectivity index (χ2v) is 5.66. The highest BCUT2D eigenvalue weighted by atomic mass is 32.1. The van der Waals surface area contributed by atoms with Gasteiger partial charge in [0.25, 0.3) is 5.91 Å². The summed E-state index contributed by atoms with van der Waals surface area (Å²) in [5.41, 5.74) is 2.40. The number of aromatic nitrogens is 2. The van der Waals surface area contributed by atoms with Gasteiger partial charge < -0.3 is 4.42 Å². The van der Waals surface area contributed by atoms with Crippen LogP contribution in [0, 0.1) is 20.8 Å². The van der Waals surface area contributed by atoms with Crippen molar-refractivity contribution in [1.29, 1.82) is 0 Å². The molecule has 0 bridgehead atoms. The Hall–Kier alpha value is -2.14. The van der Waals surface area contributed by atoms with Crippen LogP contribution in [-0.4, -0.2) is 15.7 Å². The molecule has 0 aliphatic rings. The maximum absolute atomic E-state index is 12.5. The highest BCUT2D eigenvalue weighted by Gasteiger charge is 2.18. The lowest BCUT2D eigenvalue weighted by molar-refractivity contribution is 0.0943. The van der Waals surface area contributed by atoms with E-state index in [0.717, 1.165) is 21.9 Å². The Bertz CT molecular complexity index is 766. The van der Waals surface area contributed by atoms with Gasteiger partial charge in [0.2, 0.25) is 0 Å². The predicted octanol–water partition coefficient (Wildman–Crippen LogP) is 3.82. The van der Waals surface area contributed by atoms with Gasteiger partial charge in [-0.15, -0.1) is 11.3 Å². The lowest BCUT2D eigenvalue weighted by atomic mass is 10.2. The van der Waals surface area contributed by atoms with E-state index in [-0.39, 0.29) is 5.91 Å². The van der Waals surface area contributed by atoms with Crippen molar-refractivity contribution in [1.82, 2.24) is 9.78 Å². The molecule has 3 heterocycles. The molecular formula is C15H14N2O2S. The molecule has 5 heteroatoms. The summed E-state index contributed by atoms with van der Waals surface area (Å²) in [6.07, 6.45) is 1.76. The second-order valence-electron chi connectivity index (χ2n) is 4.71. The number of aryl methyl sites for hydroxylation is 3. The van der Waals surface area contributed by atoms with Gasteiger partial charge in [-0.05, 0) is 43.8 Å². The summed E-state index contributed by atoms with van der Waals surface area (Å²) in [6, 6.07) is 5.73. The van der Waals surface area contributed by atoms with Crippen molar-refractivity contribution in [2.75, 3.05) is 0 Å². The zero-order chi connectivity index (χ0) is 14.3. The smallest absolute Gasteiger partial charge is 0.281 e. The van der Waals surface area contributed by atoms with Gasteiger partial charge in [-0.2, -0.15) is 5.10 Å². The number of hydrogen-bond acceptors (Lipinski definition) is 4. The highest BCUT2D eigenvalue weighted by molar-refractivity contribution is 7.13. The molecule has 0 saturated heterocycles. The molecule has 0 unspecified atom stereocenters. The first-order chi connectivity index (χ1) is 9.56. The molecule has 0 spiro atoms. The number of furan rings is 1. The van der Waals surface area contributed by atoms with E-state index < -0.39 is 0 Å². The summed E-state index contributed by atoms with van der Waals surface area (Å²) in [5, 5.41) is 6.41. The Morgan fingerprint density at radius 3 is 2.75 bits per heavy atom. The van der Waals surface area contributed by atoms with Crippen LogP contribution in [0.25, 0.3) is 10.6 Å². The molecule has 0 atom stereocenters. The summed E-state index contributed by atoms with van der Waals surface area (Å²) < 4.78 is 6.80. The Morgan fingerprint density at radius 2 is 2.15 bits per heavy atom. The van der Waals surface area contributed by atoms with Crippen LogP contribution in [0.4, 0.5) is 0 Å². The number of thiophene rings is 1. The molecule has 4 nitrogen and oxygen atoms in total. The van der Waals surface area contributed by atoms with Crippen molar-refractivity contribution in [3.05, 3.63) is 52.4 Å². The van der Waals surface area contributed by atoms with Gasteiger partial charge in [0, 0.05) is 6.20 Å². The van der Waals surface area contributed by atoms with Crippen LogP contribution in [0.1, 0.15) is 27.4 Å². The van der Waals surface area contributed by atoms with Crippen molar-refractivity contribution >= 4 is 17.2 Å². The van der Waals surface area contributed by atoms with Gasteiger partial charge in [-0.25, -0.2) is 4.68 Å². The molecule has 3 aromatic heterocycles. The fourth-order valence-electron chi connectivity index (χ4n) is 2.19. The SMILES string of the molecule is Cc1cc(C(=O)n2cc(C)c(-c3cccs3)n2)c(C)o1. The Labute approximate surface area is 120 Å². The Morgan fingerprint density at radius 1 is 1.35 bits per heavy atom. The van der Waals surface area contributed by atoms with E-state index in [1.165, 1.54) is 4.68 Å². The average Bonchev–Trinajstić information content (AvgIpc) is 3.08. The normalized spacial score (nSPS) is 10.9. The van der Waals surface area contributed by atoms with Crippen LogP contribution in [0.5, 0.6) is 0 Å². The van der Waals surface area contributed by atoms with Crippen molar-refractivity contribution in [2.45, 2.75) is 20.8 Å². The Kier molecular flexibility index (Phi) is 3.06. The number of carbonyl (C=O) groups is 1. The van der Waals surface area contributed by atoms with E-state index >= 15 is 0 Å². The first kappa shape index (κ1) is 12.9. The summed E-state index contributed by atoms with van der Waals surface area (Å²) in [7, 11) is 0. The van der Waals surface area contributed by atoms with Gasteiger partial charge in [0.05, 0.1) is 10.4 Å². The molecule has 0 saturated carbocycles. The maximum atomic E-state index is 12.5. The topological polar surface area (TPSA) is 48.0 Å². The number of carbonyl (C=O) groups excluding carboxylic acids is 1. The first-order valence-corrected chi connectivity index (χ1v) is 7.16. The molecule has 0 radical (unpaired) electrons. The van der Waals surface area contributed by atoms with Gasteiger partial charge in [-0.3, -0.25) is 4.79 Å². The van der Waals surface area contributed by atoms with Crippen LogP contribution in [-0.2, 0) is 0 Å². The minimum atomic E-state index is -0.162. The van der Waals surface area contributed by atoms with Crippen molar-refractivity contribution in [3.8, 4) is 10.6 Å². The maximum Gasteiger partial charge on any atom is 0.281 e. The summed E-state index contributed by atoms with van der Waals surface area (Å²) in [6.45, 7) is 5.57. The molecule has 3 aromatic rings. The summed E-state index contributed by atoms with van der Waals surface area (Å²) in [5.74, 6) is 1.19. The molecule has 3 rings (SSSR count). The average molecular weight is 286 g/mol. The van der Waals surface area contributed by atoms with E-state index in [4.69, 9.17) is 4.42 Å². The summed E-state index contributed by atoms with van der Waals surface area (Å²) in [4.78, 5) is 13.5. The summed E-state index contributed by atoms with van der Waals surface area (Å²) >= 11 is 1.61. The third-order valence-corrected chi connectivity index (χ3v) is 4.01. The van der Waals surface area contributed by atoms with Crippen molar-refractivity contribution in [2.24, 2.45) is 0 Å². The zero-order valence-electron chi connectivity index (χ0n) is 11.5. The van der Waals surface area contributed by atoms with Crippen molar-refractivity contribution in [3.63, 3.8) is 0 Å². The zero-order valence-corrected chi connectivity index (χ0v) is 12.3. The number of nitrogens with zero attached hydrogens (tertiary/aromatic N) is 2. The van der Waals surface area contributed by atoms with Gasteiger partial charge in [-0.1, -0.05) is 6.07 Å². The van der Waals surface area contributed by atoms with Gasteiger partial charge in [0.1, 0.15) is 17.2 Å². The number of hydrogen-bond donors (Lipinski definition) is 0. The van der Waals surface area contributed by atoms with Crippen LogP contribution >= 0.6 is 11.3 Å². The minimum Gasteiger partial charge on any atom is -0.466 e.